The standard InChI is InChI=1S/C29H25BrFN3O/c1-33-27-23(30)16-17-24(31)28(27)34(29(33)35)26-19-15-22(14-12-20-8-4-2-5-9-20)32-25(26)18-13-21-10-6-3-7-11-21/h2-11,15-17,19H,12-14,18H2,1H3. The van der Waals surface area contributed by atoms with Crippen molar-refractivity contribution in [2.75, 3.05) is 0 Å². The fraction of sp³-hybridized carbons (Fsp3) is 0.172. The van der Waals surface area contributed by atoms with Crippen molar-refractivity contribution in [2.24, 2.45) is 7.05 Å². The molecule has 0 unspecified atom stereocenters. The Labute approximate surface area is 211 Å². The Morgan fingerprint density at radius 1 is 0.771 bits per heavy atom. The molecule has 0 saturated carbocycles. The van der Waals surface area contributed by atoms with Crippen molar-refractivity contribution >= 4 is 27.0 Å². The molecule has 4 nitrogen and oxygen atoms in total. The summed E-state index contributed by atoms with van der Waals surface area (Å²) in [5.74, 6) is -0.442. The summed E-state index contributed by atoms with van der Waals surface area (Å²) in [5.41, 5.74) is 5.28. The number of aryl methyl sites for hydroxylation is 5. The minimum Gasteiger partial charge on any atom is -0.293 e. The first-order valence-corrected chi connectivity index (χ1v) is 12.4. The van der Waals surface area contributed by atoms with Crippen LogP contribution in [0.5, 0.6) is 0 Å². The largest absolute Gasteiger partial charge is 0.333 e. The van der Waals surface area contributed by atoms with E-state index in [4.69, 9.17) is 4.98 Å². The van der Waals surface area contributed by atoms with Gasteiger partial charge in [-0.2, -0.15) is 0 Å². The van der Waals surface area contributed by atoms with Crippen LogP contribution in [0.4, 0.5) is 4.39 Å². The van der Waals surface area contributed by atoms with Crippen molar-refractivity contribution in [3.8, 4) is 5.69 Å². The Balaban J connectivity index is 1.59. The van der Waals surface area contributed by atoms with E-state index in [0.717, 1.165) is 30.7 Å². The van der Waals surface area contributed by atoms with E-state index >= 15 is 4.39 Å². The minimum atomic E-state index is -0.442. The van der Waals surface area contributed by atoms with Crippen molar-refractivity contribution in [1.82, 2.24) is 14.1 Å². The molecule has 176 valence electrons. The maximum atomic E-state index is 15.1. The van der Waals surface area contributed by atoms with Crippen molar-refractivity contribution in [1.29, 1.82) is 0 Å². The van der Waals surface area contributed by atoms with Gasteiger partial charge in [-0.1, -0.05) is 60.7 Å². The molecule has 0 saturated heterocycles. The molecule has 3 aromatic carbocycles. The van der Waals surface area contributed by atoms with E-state index in [1.807, 2.05) is 48.5 Å². The molecule has 0 amide bonds. The van der Waals surface area contributed by atoms with E-state index in [1.165, 1.54) is 26.3 Å². The van der Waals surface area contributed by atoms with Crippen LogP contribution in [0.15, 0.2) is 94.2 Å². The average molecular weight is 530 g/mol. The van der Waals surface area contributed by atoms with Crippen molar-refractivity contribution < 1.29 is 4.39 Å². The van der Waals surface area contributed by atoms with Crippen LogP contribution in [-0.4, -0.2) is 14.1 Å². The Kier molecular flexibility index (Phi) is 6.64. The molecular weight excluding hydrogens is 505 g/mol. The maximum absolute atomic E-state index is 15.1. The Morgan fingerprint density at radius 3 is 2.06 bits per heavy atom. The van der Waals surface area contributed by atoms with Gasteiger partial charge in [0.05, 0.1) is 16.9 Å². The van der Waals surface area contributed by atoms with Crippen molar-refractivity contribution in [3.63, 3.8) is 0 Å². The molecular formula is C29H25BrFN3O. The average Bonchev–Trinajstić information content (AvgIpc) is 3.16. The SMILES string of the molecule is Cn1c(=O)n(-c2ccc(CCc3ccccc3)nc2CCc2ccccc2)c2c(F)ccc(Br)c21. The fourth-order valence-electron chi connectivity index (χ4n) is 4.52. The highest BCUT2D eigenvalue weighted by Gasteiger charge is 2.21. The lowest BCUT2D eigenvalue weighted by Crippen LogP contribution is -2.22. The zero-order valence-corrected chi connectivity index (χ0v) is 21.0. The number of rotatable bonds is 7. The maximum Gasteiger partial charge on any atom is 0.333 e. The van der Waals surface area contributed by atoms with Crippen LogP contribution in [0.2, 0.25) is 0 Å². The number of hydrogen-bond acceptors (Lipinski definition) is 2. The first kappa shape index (κ1) is 23.2. The molecule has 5 rings (SSSR count). The van der Waals surface area contributed by atoms with Crippen molar-refractivity contribution in [3.05, 3.63) is 128 Å². The summed E-state index contributed by atoms with van der Waals surface area (Å²) in [5, 5.41) is 0. The fourth-order valence-corrected chi connectivity index (χ4v) is 5.10. The molecule has 2 aromatic heterocycles. The van der Waals surface area contributed by atoms with Gasteiger partial charge in [0.2, 0.25) is 0 Å². The Morgan fingerprint density at radius 2 is 1.40 bits per heavy atom. The third-order valence-corrected chi connectivity index (χ3v) is 6.98. The number of nitrogens with zero attached hydrogens (tertiary/aromatic N) is 3. The molecule has 0 bridgehead atoms. The molecule has 0 atom stereocenters. The van der Waals surface area contributed by atoms with Crippen molar-refractivity contribution in [2.45, 2.75) is 25.7 Å². The second-order valence-electron chi connectivity index (χ2n) is 8.64. The summed E-state index contributed by atoms with van der Waals surface area (Å²) in [6.07, 6.45) is 3.07. The lowest BCUT2D eigenvalue weighted by atomic mass is 10.0. The molecule has 5 aromatic rings. The predicted molar refractivity (Wildman–Crippen MR) is 142 cm³/mol. The molecule has 0 aliphatic carbocycles. The van der Waals surface area contributed by atoms with Crippen LogP contribution in [0, 0.1) is 5.82 Å². The number of aromatic nitrogens is 3. The van der Waals surface area contributed by atoms with Gasteiger partial charge in [0, 0.05) is 17.2 Å². The number of imidazole rings is 1. The van der Waals surface area contributed by atoms with E-state index in [1.54, 1.807) is 13.1 Å². The van der Waals surface area contributed by atoms with Gasteiger partial charge in [-0.15, -0.1) is 0 Å². The van der Waals surface area contributed by atoms with Gasteiger partial charge in [0.15, 0.2) is 0 Å². The summed E-state index contributed by atoms with van der Waals surface area (Å²) >= 11 is 3.48. The summed E-state index contributed by atoms with van der Waals surface area (Å²) in [6, 6.07) is 27.4. The zero-order chi connectivity index (χ0) is 24.4. The molecule has 0 spiro atoms. The predicted octanol–water partition coefficient (Wildman–Crippen LogP) is 6.20. The van der Waals surface area contributed by atoms with Crippen LogP contribution in [0.3, 0.4) is 0 Å². The van der Waals surface area contributed by atoms with Gasteiger partial charge in [-0.3, -0.25) is 14.1 Å². The lowest BCUT2D eigenvalue weighted by molar-refractivity contribution is 0.633. The first-order chi connectivity index (χ1) is 17.0. The van der Waals surface area contributed by atoms with Crippen LogP contribution >= 0.6 is 15.9 Å². The third-order valence-electron chi connectivity index (χ3n) is 6.34. The third kappa shape index (κ3) is 4.71. The van der Waals surface area contributed by atoms with E-state index in [2.05, 4.69) is 40.2 Å². The highest BCUT2D eigenvalue weighted by molar-refractivity contribution is 9.10. The minimum absolute atomic E-state index is 0.256. The number of halogens is 2. The van der Waals surface area contributed by atoms with E-state index in [-0.39, 0.29) is 11.2 Å². The molecule has 2 heterocycles. The smallest absolute Gasteiger partial charge is 0.293 e. The van der Waals surface area contributed by atoms with Gasteiger partial charge in [0.1, 0.15) is 11.3 Å². The lowest BCUT2D eigenvalue weighted by Gasteiger charge is -2.13. The first-order valence-electron chi connectivity index (χ1n) is 11.7. The molecule has 6 heteroatoms. The van der Waals surface area contributed by atoms with E-state index in [0.29, 0.717) is 22.1 Å². The molecule has 35 heavy (non-hydrogen) atoms. The van der Waals surface area contributed by atoms with Gasteiger partial charge >= 0.3 is 5.69 Å². The number of fused-ring (bicyclic) bond motifs is 1. The second kappa shape index (κ2) is 10.0. The van der Waals surface area contributed by atoms with Gasteiger partial charge < -0.3 is 0 Å². The summed E-state index contributed by atoms with van der Waals surface area (Å²) in [7, 11) is 1.66. The number of benzene rings is 3. The van der Waals surface area contributed by atoms with E-state index < -0.39 is 5.82 Å². The van der Waals surface area contributed by atoms with Crippen LogP contribution in [-0.2, 0) is 32.7 Å². The molecule has 0 aliphatic heterocycles. The molecule has 0 fully saturated rings. The zero-order valence-electron chi connectivity index (χ0n) is 19.4. The summed E-state index contributed by atoms with van der Waals surface area (Å²) < 4.78 is 18.7. The summed E-state index contributed by atoms with van der Waals surface area (Å²) in [4.78, 5) is 18.3. The van der Waals surface area contributed by atoms with Gasteiger partial charge in [0.25, 0.3) is 0 Å². The van der Waals surface area contributed by atoms with Crippen LogP contribution < -0.4 is 5.69 Å². The number of hydrogen-bond donors (Lipinski definition) is 0. The Bertz CT molecular complexity index is 1540. The Hall–Kier alpha value is -3.51. The van der Waals surface area contributed by atoms with Gasteiger partial charge in [-0.05, 0) is 77.0 Å². The van der Waals surface area contributed by atoms with Crippen LogP contribution in [0.25, 0.3) is 16.7 Å². The highest BCUT2D eigenvalue weighted by Crippen LogP contribution is 2.28. The number of pyridine rings is 1. The van der Waals surface area contributed by atoms with Crippen LogP contribution in [0.1, 0.15) is 22.5 Å². The van der Waals surface area contributed by atoms with E-state index in [9.17, 15) is 4.79 Å². The quantitative estimate of drug-likeness (QED) is 0.252. The highest BCUT2D eigenvalue weighted by atomic mass is 79.9. The molecule has 0 N–H and O–H groups in total. The molecule has 0 radical (unpaired) electrons. The topological polar surface area (TPSA) is 39.8 Å². The summed E-state index contributed by atoms with van der Waals surface area (Å²) in [6.45, 7) is 0. The monoisotopic (exact) mass is 529 g/mol. The second-order valence-corrected chi connectivity index (χ2v) is 9.50. The normalized spacial score (nSPS) is 11.3. The molecule has 0 aliphatic rings. The van der Waals surface area contributed by atoms with Gasteiger partial charge in [-0.25, -0.2) is 9.18 Å².